The van der Waals surface area contributed by atoms with Crippen LogP contribution in [0.3, 0.4) is 0 Å². The molecule has 0 amide bonds. The van der Waals surface area contributed by atoms with Gasteiger partial charge in [-0.25, -0.2) is 0 Å². The molecule has 0 saturated heterocycles. The first-order valence-corrected chi connectivity index (χ1v) is 5.92. The van der Waals surface area contributed by atoms with Crippen LogP contribution in [-0.4, -0.2) is 17.4 Å². The van der Waals surface area contributed by atoms with Gasteiger partial charge in [-0.1, -0.05) is 12.1 Å². The Kier molecular flexibility index (Phi) is 3.68. The second kappa shape index (κ2) is 5.11. The van der Waals surface area contributed by atoms with Crippen LogP contribution < -0.4 is 4.74 Å². The number of ether oxygens (including phenoxy) is 1. The van der Waals surface area contributed by atoms with E-state index in [1.165, 1.54) is 24.3 Å². The number of halogens is 3. The van der Waals surface area contributed by atoms with Gasteiger partial charge < -0.3 is 9.84 Å². The summed E-state index contributed by atoms with van der Waals surface area (Å²) < 4.78 is 39.7. The molecule has 0 heterocycles. The smallest absolute Gasteiger partial charge is 0.481 e. The van der Waals surface area contributed by atoms with Crippen LogP contribution in [0.25, 0.3) is 0 Å². The topological polar surface area (TPSA) is 46.5 Å². The lowest BCUT2D eigenvalue weighted by Crippen LogP contribution is -2.34. The Bertz CT molecular complexity index is 453. The van der Waals surface area contributed by atoms with Crippen LogP contribution in [0.15, 0.2) is 24.3 Å². The van der Waals surface area contributed by atoms with Crippen molar-refractivity contribution in [3.63, 3.8) is 0 Å². The molecule has 6 heteroatoms. The minimum absolute atomic E-state index is 0.0758. The SMILES string of the molecule is O=C(O)C1CCC1Cc1ccc(OC(F)(F)F)cc1. The van der Waals surface area contributed by atoms with Gasteiger partial charge in [-0.2, -0.15) is 0 Å². The molecule has 2 rings (SSSR count). The second-order valence-electron chi connectivity index (χ2n) is 4.68. The molecule has 1 aromatic rings. The monoisotopic (exact) mass is 274 g/mol. The third-order valence-corrected chi connectivity index (χ3v) is 3.39. The number of carboxylic acid groups (broad SMARTS) is 1. The summed E-state index contributed by atoms with van der Waals surface area (Å²) >= 11 is 0. The summed E-state index contributed by atoms with van der Waals surface area (Å²) in [6, 6.07) is 5.57. The number of aliphatic carboxylic acids is 1. The normalized spacial score (nSPS) is 22.7. The van der Waals surface area contributed by atoms with Crippen LogP contribution >= 0.6 is 0 Å². The molecule has 2 unspecified atom stereocenters. The predicted octanol–water partition coefficient (Wildman–Crippen LogP) is 3.24. The molecule has 1 aliphatic rings. The molecular weight excluding hydrogens is 261 g/mol. The van der Waals surface area contributed by atoms with Crippen LogP contribution in [0.1, 0.15) is 18.4 Å². The van der Waals surface area contributed by atoms with Gasteiger partial charge in [0.15, 0.2) is 0 Å². The second-order valence-corrected chi connectivity index (χ2v) is 4.68. The van der Waals surface area contributed by atoms with Gasteiger partial charge in [0.2, 0.25) is 0 Å². The van der Waals surface area contributed by atoms with Gasteiger partial charge in [0.05, 0.1) is 5.92 Å². The molecule has 3 nitrogen and oxygen atoms in total. The zero-order valence-electron chi connectivity index (χ0n) is 9.98. The molecule has 1 aromatic carbocycles. The molecule has 19 heavy (non-hydrogen) atoms. The fraction of sp³-hybridized carbons (Fsp3) is 0.462. The molecule has 0 aliphatic heterocycles. The van der Waals surface area contributed by atoms with Crippen LogP contribution in [0.2, 0.25) is 0 Å². The van der Waals surface area contributed by atoms with Crippen LogP contribution in [0.5, 0.6) is 5.75 Å². The molecule has 0 aromatic heterocycles. The highest BCUT2D eigenvalue weighted by Gasteiger charge is 2.36. The Morgan fingerprint density at radius 3 is 2.32 bits per heavy atom. The average molecular weight is 274 g/mol. The summed E-state index contributed by atoms with van der Waals surface area (Å²) in [7, 11) is 0. The maximum atomic E-state index is 12.0. The maximum Gasteiger partial charge on any atom is 0.573 e. The lowest BCUT2D eigenvalue weighted by Gasteiger charge is -2.33. The van der Waals surface area contributed by atoms with Crippen molar-refractivity contribution < 1.29 is 27.8 Å². The van der Waals surface area contributed by atoms with Crippen molar-refractivity contribution in [1.29, 1.82) is 0 Å². The number of carbonyl (C=O) groups is 1. The van der Waals surface area contributed by atoms with E-state index >= 15 is 0 Å². The number of carboxylic acids is 1. The van der Waals surface area contributed by atoms with E-state index in [1.54, 1.807) is 0 Å². The van der Waals surface area contributed by atoms with E-state index in [0.717, 1.165) is 12.0 Å². The zero-order chi connectivity index (χ0) is 14.0. The number of alkyl halides is 3. The van der Waals surface area contributed by atoms with Crippen molar-refractivity contribution in [2.75, 3.05) is 0 Å². The Morgan fingerprint density at radius 2 is 1.89 bits per heavy atom. The fourth-order valence-electron chi connectivity index (χ4n) is 2.27. The van der Waals surface area contributed by atoms with Crippen molar-refractivity contribution in [1.82, 2.24) is 0 Å². The molecule has 0 radical (unpaired) electrons. The van der Waals surface area contributed by atoms with Gasteiger partial charge in [-0.05, 0) is 42.9 Å². The van der Waals surface area contributed by atoms with E-state index in [9.17, 15) is 18.0 Å². The molecular formula is C13H13F3O3. The molecule has 104 valence electrons. The summed E-state index contributed by atoms with van der Waals surface area (Å²) in [6.45, 7) is 0. The minimum atomic E-state index is -4.69. The Balaban J connectivity index is 1.94. The molecule has 1 saturated carbocycles. The van der Waals surface area contributed by atoms with E-state index in [0.29, 0.717) is 12.8 Å². The first-order valence-electron chi connectivity index (χ1n) is 5.92. The van der Waals surface area contributed by atoms with Crippen molar-refractivity contribution in [3.8, 4) is 5.75 Å². The zero-order valence-corrected chi connectivity index (χ0v) is 9.98. The lowest BCUT2D eigenvalue weighted by molar-refractivity contribution is -0.274. The summed E-state index contributed by atoms with van der Waals surface area (Å²) in [5.74, 6) is -1.31. The largest absolute Gasteiger partial charge is 0.573 e. The molecule has 1 aliphatic carbocycles. The molecule has 2 atom stereocenters. The number of hydrogen-bond acceptors (Lipinski definition) is 2. The number of benzene rings is 1. The van der Waals surface area contributed by atoms with Crippen molar-refractivity contribution in [3.05, 3.63) is 29.8 Å². The minimum Gasteiger partial charge on any atom is -0.481 e. The van der Waals surface area contributed by atoms with Crippen LogP contribution in [-0.2, 0) is 11.2 Å². The van der Waals surface area contributed by atoms with Crippen molar-refractivity contribution >= 4 is 5.97 Å². The highest BCUT2D eigenvalue weighted by molar-refractivity contribution is 5.71. The van der Waals surface area contributed by atoms with Gasteiger partial charge in [0.25, 0.3) is 0 Å². The van der Waals surface area contributed by atoms with E-state index in [4.69, 9.17) is 5.11 Å². The fourth-order valence-corrected chi connectivity index (χ4v) is 2.27. The molecule has 0 spiro atoms. The lowest BCUT2D eigenvalue weighted by atomic mass is 9.71. The molecule has 1 N–H and O–H groups in total. The maximum absolute atomic E-state index is 12.0. The van der Waals surface area contributed by atoms with Crippen molar-refractivity contribution in [2.24, 2.45) is 11.8 Å². The summed E-state index contributed by atoms with van der Waals surface area (Å²) in [5.41, 5.74) is 0.825. The Morgan fingerprint density at radius 1 is 1.26 bits per heavy atom. The standard InChI is InChI=1S/C13H13F3O3/c14-13(15,16)19-10-4-1-8(2-5-10)7-9-3-6-11(9)12(17)18/h1-2,4-5,9,11H,3,6-7H2,(H,17,18). The molecule has 1 fully saturated rings. The van der Waals surface area contributed by atoms with Crippen LogP contribution in [0.4, 0.5) is 13.2 Å². The van der Waals surface area contributed by atoms with Gasteiger partial charge >= 0.3 is 12.3 Å². The summed E-state index contributed by atoms with van der Waals surface area (Å²) in [6.07, 6.45) is -2.60. The average Bonchev–Trinajstić information content (AvgIpc) is 2.23. The first kappa shape index (κ1) is 13.7. The quantitative estimate of drug-likeness (QED) is 0.916. The van der Waals surface area contributed by atoms with E-state index < -0.39 is 12.3 Å². The van der Waals surface area contributed by atoms with Gasteiger partial charge in [-0.3, -0.25) is 4.79 Å². The third kappa shape index (κ3) is 3.62. The van der Waals surface area contributed by atoms with Crippen LogP contribution in [0, 0.1) is 11.8 Å². The first-order chi connectivity index (χ1) is 8.85. The Hall–Kier alpha value is -1.72. The predicted molar refractivity (Wildman–Crippen MR) is 60.7 cm³/mol. The number of rotatable bonds is 4. The van der Waals surface area contributed by atoms with Crippen molar-refractivity contribution in [2.45, 2.75) is 25.6 Å². The van der Waals surface area contributed by atoms with Gasteiger partial charge in [0.1, 0.15) is 5.75 Å². The summed E-state index contributed by atoms with van der Waals surface area (Å²) in [5, 5.41) is 8.91. The number of hydrogen-bond donors (Lipinski definition) is 1. The van der Waals surface area contributed by atoms with Gasteiger partial charge in [0, 0.05) is 0 Å². The molecule has 0 bridgehead atoms. The van der Waals surface area contributed by atoms with E-state index in [2.05, 4.69) is 4.74 Å². The summed E-state index contributed by atoms with van der Waals surface area (Å²) in [4.78, 5) is 10.8. The van der Waals surface area contributed by atoms with E-state index in [1.807, 2.05) is 0 Å². The highest BCUT2D eigenvalue weighted by atomic mass is 19.4. The highest BCUT2D eigenvalue weighted by Crippen LogP contribution is 2.37. The van der Waals surface area contributed by atoms with Gasteiger partial charge in [-0.15, -0.1) is 13.2 Å². The Labute approximate surface area is 108 Å². The van der Waals surface area contributed by atoms with E-state index in [-0.39, 0.29) is 17.6 Å². The third-order valence-electron chi connectivity index (χ3n) is 3.39.